The number of carbonyl (C=O) groups is 1. The highest BCUT2D eigenvalue weighted by molar-refractivity contribution is 7.15. The quantitative estimate of drug-likeness (QED) is 0.264. The molecule has 3 heterocycles. The van der Waals surface area contributed by atoms with Crippen LogP contribution in [0.1, 0.15) is 46.6 Å². The number of nitrogens with zero attached hydrogens (tertiary/aromatic N) is 3. The van der Waals surface area contributed by atoms with Crippen molar-refractivity contribution < 1.29 is 13.9 Å². The fourth-order valence-corrected chi connectivity index (χ4v) is 5.66. The Morgan fingerprint density at radius 1 is 0.946 bits per heavy atom. The van der Waals surface area contributed by atoms with Crippen LogP contribution in [0.15, 0.2) is 88.1 Å². The average Bonchev–Trinajstić information content (AvgIpc) is 3.46. The van der Waals surface area contributed by atoms with Crippen LogP contribution in [-0.2, 0) is 6.42 Å². The van der Waals surface area contributed by atoms with E-state index < -0.39 is 11.9 Å². The number of fused-ring (bicyclic) bond motifs is 2. The van der Waals surface area contributed by atoms with E-state index in [9.17, 15) is 9.59 Å². The molecule has 1 atom stereocenters. The van der Waals surface area contributed by atoms with Crippen molar-refractivity contribution >= 4 is 33.3 Å². The minimum atomic E-state index is -0.734. The SMILES string of the molecule is CC(C)Cc1nnc(N2C(=O)c3oc4ccccc4c(=O)c3C2c2cccc(Oc3ccccc3)c2)s1. The van der Waals surface area contributed by atoms with Crippen LogP contribution < -0.4 is 15.1 Å². The first-order valence-corrected chi connectivity index (χ1v) is 12.9. The molecule has 5 aromatic rings. The first kappa shape index (κ1) is 23.1. The molecule has 1 amide bonds. The third kappa shape index (κ3) is 4.19. The Balaban J connectivity index is 1.51. The summed E-state index contributed by atoms with van der Waals surface area (Å²) in [6.07, 6.45) is 0.749. The Hall–Kier alpha value is -4.30. The number of aromatic nitrogens is 2. The molecule has 1 aliphatic heterocycles. The smallest absolute Gasteiger partial charge is 0.297 e. The van der Waals surface area contributed by atoms with Crippen LogP contribution in [0, 0.1) is 5.92 Å². The van der Waals surface area contributed by atoms with E-state index in [1.165, 1.54) is 16.2 Å². The molecule has 1 aliphatic rings. The minimum Gasteiger partial charge on any atom is -0.457 e. The monoisotopic (exact) mass is 509 g/mol. The zero-order valence-corrected chi connectivity index (χ0v) is 21.1. The molecule has 0 N–H and O–H groups in total. The highest BCUT2D eigenvalue weighted by Gasteiger charge is 2.45. The molecular weight excluding hydrogens is 486 g/mol. The standard InChI is InChI=1S/C29H23N3O4S/c1-17(2)15-23-30-31-29(37-23)32-25(18-9-8-12-20(16-18)35-19-10-4-3-5-11-19)24-26(33)21-13-6-7-14-22(21)36-27(24)28(32)34/h3-14,16-17,25H,15H2,1-2H3. The van der Waals surface area contributed by atoms with Gasteiger partial charge in [0.1, 0.15) is 22.1 Å². The molecule has 6 rings (SSSR count). The first-order chi connectivity index (χ1) is 18.0. The van der Waals surface area contributed by atoms with E-state index in [0.29, 0.717) is 44.6 Å². The second-order valence-corrected chi connectivity index (χ2v) is 10.4. The van der Waals surface area contributed by atoms with Gasteiger partial charge in [0, 0.05) is 6.42 Å². The summed E-state index contributed by atoms with van der Waals surface area (Å²) in [7, 11) is 0. The largest absolute Gasteiger partial charge is 0.457 e. The lowest BCUT2D eigenvalue weighted by Gasteiger charge is -2.22. The molecule has 0 fully saturated rings. The Kier molecular flexibility index (Phi) is 5.81. The second kappa shape index (κ2) is 9.29. The molecule has 0 spiro atoms. The lowest BCUT2D eigenvalue weighted by molar-refractivity contribution is 0.0970. The third-order valence-corrected chi connectivity index (χ3v) is 7.12. The van der Waals surface area contributed by atoms with Gasteiger partial charge in [-0.1, -0.05) is 67.6 Å². The molecule has 0 saturated heterocycles. The van der Waals surface area contributed by atoms with Crippen molar-refractivity contribution in [1.82, 2.24) is 10.2 Å². The van der Waals surface area contributed by atoms with Crippen molar-refractivity contribution in [3.05, 3.63) is 111 Å². The van der Waals surface area contributed by atoms with Gasteiger partial charge < -0.3 is 9.15 Å². The van der Waals surface area contributed by atoms with Gasteiger partial charge >= 0.3 is 0 Å². The topological polar surface area (TPSA) is 85.5 Å². The summed E-state index contributed by atoms with van der Waals surface area (Å²) in [5.74, 6) is 1.29. The van der Waals surface area contributed by atoms with Crippen LogP contribution in [0.3, 0.4) is 0 Å². The van der Waals surface area contributed by atoms with Crippen LogP contribution in [0.25, 0.3) is 11.0 Å². The molecular formula is C29H23N3O4S. The van der Waals surface area contributed by atoms with Gasteiger partial charge in [0.15, 0.2) is 5.43 Å². The number of anilines is 1. The second-order valence-electron chi connectivity index (χ2n) is 9.31. The van der Waals surface area contributed by atoms with Gasteiger partial charge in [-0.2, -0.15) is 0 Å². The van der Waals surface area contributed by atoms with E-state index in [2.05, 4.69) is 24.0 Å². The molecule has 0 radical (unpaired) electrons. The van der Waals surface area contributed by atoms with Crippen molar-refractivity contribution in [2.75, 3.05) is 4.90 Å². The number of ether oxygens (including phenoxy) is 1. The molecule has 3 aromatic carbocycles. The highest BCUT2D eigenvalue weighted by atomic mass is 32.1. The Labute approximate surface area is 217 Å². The molecule has 37 heavy (non-hydrogen) atoms. The first-order valence-electron chi connectivity index (χ1n) is 12.0. The summed E-state index contributed by atoms with van der Waals surface area (Å²) in [4.78, 5) is 29.1. The average molecular weight is 510 g/mol. The lowest BCUT2D eigenvalue weighted by atomic mass is 9.98. The number of rotatable bonds is 6. The molecule has 1 unspecified atom stereocenters. The Morgan fingerprint density at radius 2 is 1.70 bits per heavy atom. The van der Waals surface area contributed by atoms with Crippen molar-refractivity contribution in [3.63, 3.8) is 0 Å². The van der Waals surface area contributed by atoms with Gasteiger partial charge in [0.2, 0.25) is 10.9 Å². The molecule has 0 saturated carbocycles. The zero-order valence-electron chi connectivity index (χ0n) is 20.3. The van der Waals surface area contributed by atoms with Crippen LogP contribution in [0.2, 0.25) is 0 Å². The Morgan fingerprint density at radius 3 is 2.51 bits per heavy atom. The predicted molar refractivity (Wildman–Crippen MR) is 143 cm³/mol. The number of hydrogen-bond acceptors (Lipinski definition) is 7. The van der Waals surface area contributed by atoms with Gasteiger partial charge in [-0.3, -0.25) is 14.5 Å². The summed E-state index contributed by atoms with van der Waals surface area (Å²) >= 11 is 1.36. The number of carbonyl (C=O) groups excluding carboxylic acids is 1. The van der Waals surface area contributed by atoms with Gasteiger partial charge in [-0.05, 0) is 47.9 Å². The fraction of sp³-hybridized carbons (Fsp3) is 0.172. The number of para-hydroxylation sites is 2. The zero-order chi connectivity index (χ0) is 25.5. The minimum absolute atomic E-state index is 0.0312. The van der Waals surface area contributed by atoms with E-state index in [0.717, 1.165) is 11.4 Å². The number of amides is 1. The van der Waals surface area contributed by atoms with Gasteiger partial charge in [-0.25, -0.2) is 0 Å². The van der Waals surface area contributed by atoms with Gasteiger partial charge in [0.05, 0.1) is 17.0 Å². The summed E-state index contributed by atoms with van der Waals surface area (Å²) in [6.45, 7) is 4.21. The van der Waals surface area contributed by atoms with Crippen LogP contribution in [-0.4, -0.2) is 16.1 Å². The van der Waals surface area contributed by atoms with Crippen molar-refractivity contribution in [3.8, 4) is 11.5 Å². The number of benzene rings is 3. The molecule has 2 aromatic heterocycles. The van der Waals surface area contributed by atoms with E-state index in [1.807, 2.05) is 54.6 Å². The third-order valence-electron chi connectivity index (χ3n) is 6.18. The molecule has 8 heteroatoms. The Bertz CT molecular complexity index is 1680. The molecule has 0 bridgehead atoms. The predicted octanol–water partition coefficient (Wildman–Crippen LogP) is 6.39. The van der Waals surface area contributed by atoms with E-state index in [-0.39, 0.29) is 11.2 Å². The molecule has 0 aliphatic carbocycles. The summed E-state index contributed by atoms with van der Waals surface area (Å²) in [6, 6.07) is 23.1. The maximum atomic E-state index is 13.8. The van der Waals surface area contributed by atoms with E-state index in [1.54, 1.807) is 24.3 Å². The number of hydrogen-bond donors (Lipinski definition) is 0. The van der Waals surface area contributed by atoms with Gasteiger partial charge in [0.25, 0.3) is 5.91 Å². The fourth-order valence-electron chi connectivity index (χ4n) is 4.58. The summed E-state index contributed by atoms with van der Waals surface area (Å²) in [5, 5.41) is 10.4. The van der Waals surface area contributed by atoms with E-state index in [4.69, 9.17) is 9.15 Å². The van der Waals surface area contributed by atoms with Crippen molar-refractivity contribution in [2.24, 2.45) is 5.92 Å². The van der Waals surface area contributed by atoms with Crippen LogP contribution in [0.5, 0.6) is 11.5 Å². The maximum absolute atomic E-state index is 13.8. The maximum Gasteiger partial charge on any atom is 0.297 e. The van der Waals surface area contributed by atoms with Crippen LogP contribution >= 0.6 is 11.3 Å². The van der Waals surface area contributed by atoms with Crippen molar-refractivity contribution in [1.29, 1.82) is 0 Å². The van der Waals surface area contributed by atoms with Crippen LogP contribution in [0.4, 0.5) is 5.13 Å². The van der Waals surface area contributed by atoms with Gasteiger partial charge in [-0.15, -0.1) is 10.2 Å². The van der Waals surface area contributed by atoms with E-state index >= 15 is 0 Å². The molecule has 184 valence electrons. The highest BCUT2D eigenvalue weighted by Crippen LogP contribution is 2.43. The lowest BCUT2D eigenvalue weighted by Crippen LogP contribution is -2.29. The summed E-state index contributed by atoms with van der Waals surface area (Å²) in [5.41, 5.74) is 1.14. The molecule has 7 nitrogen and oxygen atoms in total. The summed E-state index contributed by atoms with van der Waals surface area (Å²) < 4.78 is 12.1. The van der Waals surface area contributed by atoms with Crippen molar-refractivity contribution in [2.45, 2.75) is 26.3 Å². The normalized spacial score (nSPS) is 14.9.